The van der Waals surface area contributed by atoms with Gasteiger partial charge in [0.2, 0.25) is 0 Å². The Labute approximate surface area is 86.4 Å². The fraction of sp³-hybridized carbons (Fsp3) is 0.100. The van der Waals surface area contributed by atoms with Gasteiger partial charge in [-0.3, -0.25) is 0 Å². The lowest BCUT2D eigenvalue weighted by Crippen LogP contribution is -2.14. The second-order valence-corrected chi connectivity index (χ2v) is 4.22. The maximum Gasteiger partial charge on any atom is 0.116 e. The number of thiophene rings is 1. The zero-order valence-corrected chi connectivity index (χ0v) is 8.84. The van der Waals surface area contributed by atoms with Gasteiger partial charge in [-0.15, -0.1) is 11.3 Å². The second-order valence-electron chi connectivity index (χ2n) is 2.73. The summed E-state index contributed by atoms with van der Waals surface area (Å²) >= 11 is 6.89. The Kier molecular flexibility index (Phi) is 2.29. The highest BCUT2D eigenvalue weighted by atomic mass is 32.1. The van der Waals surface area contributed by atoms with Crippen LogP contribution in [-0.2, 0) is 0 Å². The Balaban J connectivity index is 2.56. The van der Waals surface area contributed by atoms with Crippen LogP contribution in [0.3, 0.4) is 0 Å². The molecule has 1 aromatic carbocycles. The highest BCUT2D eigenvalue weighted by Crippen LogP contribution is 2.25. The lowest BCUT2D eigenvalue weighted by Gasteiger charge is -1.95. The highest BCUT2D eigenvalue weighted by molar-refractivity contribution is 7.81. The second kappa shape index (κ2) is 3.44. The number of fused-ring (bicyclic) bond motifs is 1. The molecule has 2 rings (SSSR count). The van der Waals surface area contributed by atoms with E-state index in [0.717, 1.165) is 9.87 Å². The molecule has 0 aliphatic rings. The van der Waals surface area contributed by atoms with Crippen molar-refractivity contribution in [2.24, 2.45) is 0 Å². The van der Waals surface area contributed by atoms with Gasteiger partial charge in [0, 0.05) is 11.7 Å². The number of nitrogens with one attached hydrogen (secondary N) is 1. The van der Waals surface area contributed by atoms with Gasteiger partial charge >= 0.3 is 0 Å². The molecular weight excluding hydrogens is 198 g/mol. The third kappa shape index (κ3) is 1.57. The first-order valence-electron chi connectivity index (χ1n) is 4.02. The van der Waals surface area contributed by atoms with Gasteiger partial charge in [0.25, 0.3) is 0 Å². The summed E-state index contributed by atoms with van der Waals surface area (Å²) in [5, 5.41) is 4.25. The lowest BCUT2D eigenvalue weighted by molar-refractivity contribution is 1.21. The molecule has 0 saturated carbocycles. The zero-order chi connectivity index (χ0) is 9.26. The van der Waals surface area contributed by atoms with Crippen LogP contribution in [0.4, 0.5) is 0 Å². The quantitative estimate of drug-likeness (QED) is 0.722. The maximum absolute atomic E-state index is 5.16. The monoisotopic (exact) mass is 207 g/mol. The van der Waals surface area contributed by atoms with E-state index in [2.05, 4.69) is 23.5 Å². The topological polar surface area (TPSA) is 12.0 Å². The summed E-state index contributed by atoms with van der Waals surface area (Å²) in [7, 11) is 1.85. The Morgan fingerprint density at radius 3 is 2.85 bits per heavy atom. The van der Waals surface area contributed by atoms with Crippen molar-refractivity contribution in [2.45, 2.75) is 0 Å². The molecule has 0 radical (unpaired) electrons. The van der Waals surface area contributed by atoms with E-state index in [1.165, 1.54) is 10.1 Å². The van der Waals surface area contributed by atoms with Crippen LogP contribution < -0.4 is 5.32 Å². The van der Waals surface area contributed by atoms with Crippen molar-refractivity contribution < 1.29 is 0 Å². The summed E-state index contributed by atoms with van der Waals surface area (Å²) in [5.41, 5.74) is 0. The summed E-state index contributed by atoms with van der Waals surface area (Å²) in [4.78, 5) is 1.96. The summed E-state index contributed by atoms with van der Waals surface area (Å²) in [5.74, 6) is 0. The minimum atomic E-state index is 0.821. The number of hydrogen-bond acceptors (Lipinski definition) is 2. The summed E-state index contributed by atoms with van der Waals surface area (Å²) in [6, 6.07) is 10.4. The fourth-order valence-corrected chi connectivity index (χ4v) is 2.41. The average molecular weight is 207 g/mol. The first-order chi connectivity index (χ1) is 6.31. The van der Waals surface area contributed by atoms with E-state index in [9.17, 15) is 0 Å². The summed E-state index contributed by atoms with van der Waals surface area (Å²) in [6.07, 6.45) is 0. The Morgan fingerprint density at radius 2 is 2.15 bits per heavy atom. The zero-order valence-electron chi connectivity index (χ0n) is 7.20. The van der Waals surface area contributed by atoms with Crippen LogP contribution in [-0.4, -0.2) is 12.0 Å². The average Bonchev–Trinajstić information content (AvgIpc) is 2.59. The molecule has 0 bridgehead atoms. The summed E-state index contributed by atoms with van der Waals surface area (Å²) in [6.45, 7) is 0. The molecule has 66 valence electrons. The molecule has 0 amide bonds. The van der Waals surface area contributed by atoms with Crippen molar-refractivity contribution in [3.05, 3.63) is 35.2 Å². The van der Waals surface area contributed by atoms with Crippen molar-refractivity contribution >= 4 is 38.6 Å². The number of hydrogen-bond donors (Lipinski definition) is 1. The van der Waals surface area contributed by atoms with Crippen LogP contribution in [0.2, 0.25) is 0 Å². The van der Waals surface area contributed by atoms with Gasteiger partial charge in [-0.2, -0.15) is 0 Å². The van der Waals surface area contributed by atoms with Crippen LogP contribution in [0.15, 0.2) is 30.3 Å². The van der Waals surface area contributed by atoms with Crippen molar-refractivity contribution in [3.8, 4) is 0 Å². The fourth-order valence-electron chi connectivity index (χ4n) is 1.22. The van der Waals surface area contributed by atoms with Crippen molar-refractivity contribution in [3.63, 3.8) is 0 Å². The molecule has 1 aromatic heterocycles. The van der Waals surface area contributed by atoms with Crippen molar-refractivity contribution in [1.82, 2.24) is 5.32 Å². The van der Waals surface area contributed by atoms with Crippen LogP contribution in [0.25, 0.3) is 10.1 Å². The van der Waals surface area contributed by atoms with E-state index >= 15 is 0 Å². The van der Waals surface area contributed by atoms with Gasteiger partial charge in [-0.25, -0.2) is 0 Å². The van der Waals surface area contributed by atoms with Gasteiger partial charge in [-0.05, 0) is 17.5 Å². The molecule has 0 spiro atoms. The Hall–Kier alpha value is -0.930. The maximum atomic E-state index is 5.16. The van der Waals surface area contributed by atoms with Crippen molar-refractivity contribution in [1.29, 1.82) is 0 Å². The molecule has 13 heavy (non-hydrogen) atoms. The van der Waals surface area contributed by atoms with E-state index in [4.69, 9.17) is 12.2 Å². The third-order valence-electron chi connectivity index (χ3n) is 1.88. The predicted octanol–water partition coefficient (Wildman–Crippen LogP) is 2.80. The van der Waals surface area contributed by atoms with Gasteiger partial charge in [-0.1, -0.05) is 30.4 Å². The first-order valence-corrected chi connectivity index (χ1v) is 5.24. The molecular formula is C10H9NS2. The Morgan fingerprint density at radius 1 is 1.38 bits per heavy atom. The molecule has 3 heteroatoms. The molecule has 1 heterocycles. The number of rotatable bonds is 1. The molecule has 0 aliphatic carbocycles. The molecule has 0 fully saturated rings. The Bertz CT molecular complexity index is 412. The van der Waals surface area contributed by atoms with E-state index in [0.29, 0.717) is 0 Å². The predicted molar refractivity (Wildman–Crippen MR) is 62.6 cm³/mol. The van der Waals surface area contributed by atoms with Gasteiger partial charge in [0.05, 0.1) is 4.88 Å². The van der Waals surface area contributed by atoms with Crippen LogP contribution in [0.1, 0.15) is 4.88 Å². The van der Waals surface area contributed by atoms with Gasteiger partial charge in [0.15, 0.2) is 0 Å². The van der Waals surface area contributed by atoms with Crippen LogP contribution in [0.5, 0.6) is 0 Å². The smallest absolute Gasteiger partial charge is 0.116 e. The van der Waals surface area contributed by atoms with E-state index in [1.54, 1.807) is 11.3 Å². The number of thiocarbonyl (C=S) groups is 1. The first kappa shape index (κ1) is 8.66. The highest BCUT2D eigenvalue weighted by Gasteiger charge is 2.03. The standard InChI is InChI=1S/C10H9NS2/c1-11-10(12)9-6-7-4-2-3-5-8(7)13-9/h2-6H,1H3,(H,11,12). The minimum absolute atomic E-state index is 0.821. The normalized spacial score (nSPS) is 10.2. The van der Waals surface area contributed by atoms with E-state index in [1.807, 2.05) is 19.2 Å². The lowest BCUT2D eigenvalue weighted by atomic mass is 10.2. The SMILES string of the molecule is CNC(=S)c1cc2ccccc2s1. The van der Waals surface area contributed by atoms with Crippen LogP contribution in [0, 0.1) is 0 Å². The summed E-state index contributed by atoms with van der Waals surface area (Å²) < 4.78 is 1.29. The molecule has 1 nitrogen and oxygen atoms in total. The molecule has 0 atom stereocenters. The largest absolute Gasteiger partial charge is 0.378 e. The molecule has 0 saturated heterocycles. The van der Waals surface area contributed by atoms with Crippen LogP contribution >= 0.6 is 23.6 Å². The van der Waals surface area contributed by atoms with Gasteiger partial charge in [0.1, 0.15) is 4.99 Å². The van der Waals surface area contributed by atoms with Gasteiger partial charge < -0.3 is 5.32 Å². The van der Waals surface area contributed by atoms with Crippen molar-refractivity contribution in [2.75, 3.05) is 7.05 Å². The minimum Gasteiger partial charge on any atom is -0.378 e. The molecule has 0 unspecified atom stereocenters. The molecule has 2 aromatic rings. The van der Waals surface area contributed by atoms with E-state index < -0.39 is 0 Å². The molecule has 1 N–H and O–H groups in total. The third-order valence-corrected chi connectivity index (χ3v) is 3.56. The number of benzene rings is 1. The molecule has 0 aliphatic heterocycles. The van der Waals surface area contributed by atoms with E-state index in [-0.39, 0.29) is 0 Å².